The Morgan fingerprint density at radius 2 is 0.772 bits per heavy atom. The molecule has 0 aromatic rings. The summed E-state index contributed by atoms with van der Waals surface area (Å²) in [7, 11) is 0. The largest absolute Gasteiger partial charge is 0.518 e. The number of hydrogen-bond acceptors (Lipinski definition) is 27. The van der Waals surface area contributed by atoms with Crippen LogP contribution in [0.25, 0.3) is 0 Å². The van der Waals surface area contributed by atoms with Gasteiger partial charge in [0.05, 0.1) is 0 Å². The van der Waals surface area contributed by atoms with Crippen molar-refractivity contribution in [2.45, 2.75) is 107 Å². The normalized spacial score (nSPS) is 30.9. The van der Waals surface area contributed by atoms with Crippen molar-refractivity contribution in [3.63, 3.8) is 0 Å². The van der Waals surface area contributed by atoms with Gasteiger partial charge in [-0.3, -0.25) is 0 Å². The molecule has 456 valence electrons. The molecule has 27 nitrogen and oxygen atoms in total. The number of carbonyl (C=O) groups excluding carboxylic acids is 9. The van der Waals surface area contributed by atoms with E-state index in [4.69, 9.17) is 92.8 Å². The molecule has 0 aromatic heterocycles. The predicted octanol–water partition coefficient (Wildman–Crippen LogP) is 10.5. The lowest BCUT2D eigenvalue weighted by molar-refractivity contribution is -0.344. The Kier molecular flexibility index (Phi) is 27.3. The van der Waals surface area contributed by atoms with Gasteiger partial charge in [-0.1, -0.05) is 46.4 Å². The second-order valence-electron chi connectivity index (χ2n) is 12.6. The van der Waals surface area contributed by atoms with Crippen molar-refractivity contribution in [2.75, 3.05) is 19.8 Å². The van der Waals surface area contributed by atoms with Gasteiger partial charge in [0.1, 0.15) is 19.3 Å². The van der Waals surface area contributed by atoms with Gasteiger partial charge in [0, 0.05) is 0 Å². The fraction of sp³-hybridized carbons (Fsp3) is 0.700. The number of halogens is 22. The summed E-state index contributed by atoms with van der Waals surface area (Å²) in [5.41, 5.74) is -3.54. The van der Waals surface area contributed by atoms with Crippen molar-refractivity contribution < 1.29 is 190 Å². The van der Waals surface area contributed by atoms with Crippen LogP contribution in [0.15, 0.2) is 0 Å². The molecule has 0 N–H and O–H groups in total. The highest BCUT2D eigenvalue weighted by atomic mass is 35.5. The Hall–Kier alpha value is -5.23. The molecule has 9 aliphatic rings. The number of cyclic esters (lactones) is 18. The van der Waals surface area contributed by atoms with E-state index in [0.29, 0.717) is 0 Å². The first-order valence-corrected chi connectivity index (χ1v) is 21.6. The fourth-order valence-corrected chi connectivity index (χ4v) is 4.44. The molecule has 0 aromatic carbocycles. The fourth-order valence-electron chi connectivity index (χ4n) is 3.53. The average molecular weight is 1360 g/mol. The van der Waals surface area contributed by atoms with E-state index in [1.54, 1.807) is 0 Å². The molecule has 9 fully saturated rings. The lowest BCUT2D eigenvalue weighted by Crippen LogP contribution is -2.36. The summed E-state index contributed by atoms with van der Waals surface area (Å²) < 4.78 is 229. The lowest BCUT2D eigenvalue weighted by atomic mass is 10.2. The van der Waals surface area contributed by atoms with Crippen molar-refractivity contribution in [2.24, 2.45) is 0 Å². The molecule has 0 saturated carbocycles. The Balaban J connectivity index is 0.000000446. The molecule has 11 unspecified atom stereocenters. The third-order valence-electron chi connectivity index (χ3n) is 6.72. The zero-order chi connectivity index (χ0) is 61.4. The van der Waals surface area contributed by atoms with E-state index in [-0.39, 0.29) is 13.2 Å². The molecule has 0 bridgehead atoms. The summed E-state index contributed by atoms with van der Waals surface area (Å²) in [5, 5.41) is 0. The van der Waals surface area contributed by atoms with E-state index < -0.39 is 162 Å². The van der Waals surface area contributed by atoms with Crippen LogP contribution >= 0.6 is 92.8 Å². The van der Waals surface area contributed by atoms with Crippen LogP contribution in [0.4, 0.5) is 105 Å². The van der Waals surface area contributed by atoms with Crippen LogP contribution in [-0.2, 0) is 85.3 Å². The molecule has 0 amide bonds. The minimum atomic E-state index is -4.84. The van der Waals surface area contributed by atoms with E-state index in [2.05, 4.69) is 85.3 Å². The molecular formula is C30H20Cl8F14O27. The zero-order valence-corrected chi connectivity index (χ0v) is 42.4. The SMILES string of the molecule is CC1OC(=O)OC1C(F)(F)F.O=C1OC(Cl)(Cl)C(Cl)(Cl)O1.O=C1OC(Cl)C(Cl)O1.O=C1OC(F)(F)C(F)(F)O1.O=C1OC(F)C(Cl)O1.O=C1OC(F)C(F)O1.O=C1OCC(C(F)(F)F)O1.O=C1OCC(Cl)O1.O=C1OCC(F)O1. The van der Waals surface area contributed by atoms with Gasteiger partial charge in [0.25, 0.3) is 12.7 Å². The van der Waals surface area contributed by atoms with E-state index in [1.807, 2.05) is 0 Å². The maximum Gasteiger partial charge on any atom is 0.518 e. The molecule has 11 atom stereocenters. The minimum absolute atomic E-state index is 0.167. The Labute approximate surface area is 463 Å². The van der Waals surface area contributed by atoms with Gasteiger partial charge < -0.3 is 85.3 Å². The first-order valence-electron chi connectivity index (χ1n) is 18.4. The number of carbonyl (C=O) groups is 9. The van der Waals surface area contributed by atoms with Crippen LogP contribution in [0.5, 0.6) is 0 Å². The van der Waals surface area contributed by atoms with Crippen molar-refractivity contribution in [3.8, 4) is 0 Å². The van der Waals surface area contributed by atoms with Crippen LogP contribution in [0.2, 0.25) is 0 Å². The maximum atomic E-state index is 11.9. The predicted molar refractivity (Wildman–Crippen MR) is 209 cm³/mol. The number of rotatable bonds is 0. The molecule has 0 radical (unpaired) electrons. The number of ether oxygens (including phenoxy) is 18. The summed E-state index contributed by atoms with van der Waals surface area (Å²) >= 11 is 41.9. The van der Waals surface area contributed by atoms with Gasteiger partial charge >= 0.3 is 102 Å². The number of hydrogen-bond donors (Lipinski definition) is 0. The van der Waals surface area contributed by atoms with Crippen molar-refractivity contribution in [1.29, 1.82) is 0 Å². The maximum absolute atomic E-state index is 11.9. The van der Waals surface area contributed by atoms with Crippen molar-refractivity contribution in [1.82, 2.24) is 0 Å². The van der Waals surface area contributed by atoms with Crippen LogP contribution in [0.1, 0.15) is 6.92 Å². The van der Waals surface area contributed by atoms with Gasteiger partial charge in [-0.2, -0.15) is 61.5 Å². The van der Waals surface area contributed by atoms with E-state index in [1.165, 1.54) is 0 Å². The Morgan fingerprint density at radius 1 is 0.405 bits per heavy atom. The van der Waals surface area contributed by atoms with Gasteiger partial charge in [-0.05, 0) is 53.3 Å². The third-order valence-corrected chi connectivity index (χ3v) is 9.74. The molecule has 9 rings (SSSR count). The van der Waals surface area contributed by atoms with Crippen LogP contribution in [0.3, 0.4) is 0 Å². The summed E-state index contributed by atoms with van der Waals surface area (Å²) in [6.07, 6.45) is -42.5. The van der Waals surface area contributed by atoms with Gasteiger partial charge in [-0.25, -0.2) is 43.2 Å². The van der Waals surface area contributed by atoms with E-state index >= 15 is 0 Å². The van der Waals surface area contributed by atoms with E-state index in [9.17, 15) is 105 Å². The first kappa shape index (κ1) is 71.8. The van der Waals surface area contributed by atoms with Crippen LogP contribution in [-0.4, -0.2) is 175 Å². The minimum Gasteiger partial charge on any atom is -0.430 e. The van der Waals surface area contributed by atoms with E-state index in [0.717, 1.165) is 6.92 Å². The van der Waals surface area contributed by atoms with Crippen LogP contribution in [0, 0.1) is 0 Å². The standard InChI is InChI=1S/C5H5F3O3.C4H3F3O3.C3Cl4O3.C3H2Cl2O3.C3H2ClFO3.C3H3ClO3.C3F4O3.C3H2F2O3.C3H3FO3/c1-2-3(5(6,7)8)11-4(9)10-2;5-4(6,7)2-1-9-3(8)10-2;4-2(5)3(6,7)10-1(8)9-2;2*4-1-2(5)8-3(6)7-1;4-2-1-6-3(5)7-2;4-2(5)3(6,7)10-1(8)9-2;4-1-2(5)8-3(6)7-1;4-2-1-6-3(5)7-2/h2-3H,1H3;2H,1H2;;2*1-2H;2H,1H2;;1-2H;2H,1H2. The molecule has 49 heteroatoms. The van der Waals surface area contributed by atoms with Crippen LogP contribution < -0.4 is 0 Å². The smallest absolute Gasteiger partial charge is 0.430 e. The quantitative estimate of drug-likeness (QED) is 0.0941. The van der Waals surface area contributed by atoms with Crippen molar-refractivity contribution in [3.05, 3.63) is 0 Å². The molecule has 0 aliphatic carbocycles. The molecule has 9 saturated heterocycles. The third kappa shape index (κ3) is 25.4. The topological polar surface area (TPSA) is 320 Å². The highest BCUT2D eigenvalue weighted by Crippen LogP contribution is 2.49. The second-order valence-corrected chi connectivity index (χ2v) is 16.9. The molecule has 9 aliphatic heterocycles. The lowest BCUT2D eigenvalue weighted by Gasteiger charge is -2.17. The Bertz CT molecular complexity index is 1940. The van der Waals surface area contributed by atoms with Crippen molar-refractivity contribution >= 4 is 148 Å². The first-order chi connectivity index (χ1) is 35.8. The highest BCUT2D eigenvalue weighted by molar-refractivity contribution is 6.62. The summed E-state index contributed by atoms with van der Waals surface area (Å²) in [6, 6.07) is 0. The van der Waals surface area contributed by atoms with Gasteiger partial charge in [0.15, 0.2) is 6.61 Å². The number of alkyl halides is 22. The molecule has 0 spiro atoms. The molecule has 79 heavy (non-hydrogen) atoms. The zero-order valence-electron chi connectivity index (χ0n) is 36.3. The van der Waals surface area contributed by atoms with Gasteiger partial charge in [0.2, 0.25) is 34.5 Å². The second kappa shape index (κ2) is 30.0. The summed E-state index contributed by atoms with van der Waals surface area (Å²) in [6.45, 7) is 0.296. The molecule has 9 heterocycles. The summed E-state index contributed by atoms with van der Waals surface area (Å²) in [5.74, 6) is 0. The highest BCUT2D eigenvalue weighted by Gasteiger charge is 2.70. The summed E-state index contributed by atoms with van der Waals surface area (Å²) in [4.78, 5) is 89.5. The average Bonchev–Trinajstić information content (AvgIpc) is 4.18. The Morgan fingerprint density at radius 3 is 0.911 bits per heavy atom. The van der Waals surface area contributed by atoms with Gasteiger partial charge in [-0.15, -0.1) is 0 Å². The monoisotopic (exact) mass is 1360 g/mol. The molecular weight excluding hydrogens is 1340 g/mol.